The van der Waals surface area contributed by atoms with Crippen LogP contribution in [0.15, 0.2) is 12.1 Å². The number of ether oxygens (including phenoxy) is 3. The Morgan fingerprint density at radius 1 is 1.06 bits per heavy atom. The van der Waals surface area contributed by atoms with Crippen molar-refractivity contribution >= 4 is 0 Å². The predicted octanol–water partition coefficient (Wildman–Crippen LogP) is 2.16. The summed E-state index contributed by atoms with van der Waals surface area (Å²) in [5.74, 6) is 3.27. The molecule has 2 N–H and O–H groups in total. The quantitative estimate of drug-likeness (QED) is 0.841. The van der Waals surface area contributed by atoms with Gasteiger partial charge in [-0.1, -0.05) is 0 Å². The van der Waals surface area contributed by atoms with E-state index in [1.807, 2.05) is 12.1 Å². The number of hydrogen-bond acceptors (Lipinski definition) is 4. The first-order valence-corrected chi connectivity index (χ1v) is 6.25. The molecule has 0 radical (unpaired) electrons. The molecule has 100 valence electrons. The maximum Gasteiger partial charge on any atom is 0.164 e. The molecule has 1 atom stereocenters. The summed E-state index contributed by atoms with van der Waals surface area (Å²) in [5, 5.41) is 0. The summed E-state index contributed by atoms with van der Waals surface area (Å²) in [6, 6.07) is 3.87. The van der Waals surface area contributed by atoms with Crippen LogP contribution in [0.25, 0.3) is 0 Å². The average Bonchev–Trinajstić information content (AvgIpc) is 3.23. The highest BCUT2D eigenvalue weighted by Gasteiger charge is 2.33. The molecule has 1 saturated carbocycles. The standard InChI is InChI=1S/C14H21NO3/c1-16-12-7-14(18-3)13(17-2)6-10(12)11(8-15)9-4-5-9/h6-7,9,11H,4-5,8,15H2,1-3H3. The van der Waals surface area contributed by atoms with Crippen LogP contribution in [0.4, 0.5) is 0 Å². The average molecular weight is 251 g/mol. The van der Waals surface area contributed by atoms with Crippen molar-refractivity contribution in [3.05, 3.63) is 17.7 Å². The molecule has 1 fully saturated rings. The molecule has 1 aliphatic carbocycles. The first kappa shape index (κ1) is 13.0. The van der Waals surface area contributed by atoms with Gasteiger partial charge in [-0.2, -0.15) is 0 Å². The van der Waals surface area contributed by atoms with Crippen LogP contribution in [0.1, 0.15) is 24.3 Å². The summed E-state index contributed by atoms with van der Waals surface area (Å²) < 4.78 is 16.1. The van der Waals surface area contributed by atoms with Gasteiger partial charge in [0.1, 0.15) is 5.75 Å². The maximum absolute atomic E-state index is 5.90. The Hall–Kier alpha value is -1.42. The first-order valence-electron chi connectivity index (χ1n) is 6.25. The van der Waals surface area contributed by atoms with E-state index in [9.17, 15) is 0 Å². The van der Waals surface area contributed by atoms with Gasteiger partial charge in [-0.25, -0.2) is 0 Å². The van der Waals surface area contributed by atoms with Crippen LogP contribution in [0, 0.1) is 5.92 Å². The van der Waals surface area contributed by atoms with Crippen molar-refractivity contribution in [3.63, 3.8) is 0 Å². The van der Waals surface area contributed by atoms with Gasteiger partial charge in [-0.15, -0.1) is 0 Å². The first-order chi connectivity index (χ1) is 8.74. The molecule has 0 aromatic heterocycles. The van der Waals surface area contributed by atoms with Gasteiger partial charge in [-0.05, 0) is 31.4 Å². The fourth-order valence-electron chi connectivity index (χ4n) is 2.41. The third-order valence-corrected chi connectivity index (χ3v) is 3.58. The predicted molar refractivity (Wildman–Crippen MR) is 70.6 cm³/mol. The summed E-state index contributed by atoms with van der Waals surface area (Å²) in [4.78, 5) is 0. The SMILES string of the molecule is COc1cc(OC)c(C(CN)C2CC2)cc1OC. The zero-order valence-electron chi connectivity index (χ0n) is 11.2. The van der Waals surface area contributed by atoms with Gasteiger partial charge in [-0.3, -0.25) is 0 Å². The second-order valence-corrected chi connectivity index (χ2v) is 4.63. The molecule has 0 amide bonds. The van der Waals surface area contributed by atoms with Crippen LogP contribution in [0.5, 0.6) is 17.2 Å². The van der Waals surface area contributed by atoms with E-state index in [4.69, 9.17) is 19.9 Å². The van der Waals surface area contributed by atoms with Crippen LogP contribution < -0.4 is 19.9 Å². The van der Waals surface area contributed by atoms with Crippen LogP contribution in [-0.2, 0) is 0 Å². The van der Waals surface area contributed by atoms with Crippen LogP contribution in [0.3, 0.4) is 0 Å². The molecule has 0 saturated heterocycles. The van der Waals surface area contributed by atoms with Gasteiger partial charge in [0, 0.05) is 17.5 Å². The van der Waals surface area contributed by atoms with Gasteiger partial charge in [0.05, 0.1) is 21.3 Å². The molecular weight excluding hydrogens is 230 g/mol. The van der Waals surface area contributed by atoms with E-state index in [1.54, 1.807) is 21.3 Å². The van der Waals surface area contributed by atoms with Crippen LogP contribution in [0.2, 0.25) is 0 Å². The largest absolute Gasteiger partial charge is 0.496 e. The number of nitrogens with two attached hydrogens (primary N) is 1. The van der Waals surface area contributed by atoms with Gasteiger partial charge in [0.25, 0.3) is 0 Å². The second-order valence-electron chi connectivity index (χ2n) is 4.63. The van der Waals surface area contributed by atoms with E-state index in [2.05, 4.69) is 0 Å². The molecule has 1 aromatic rings. The van der Waals surface area contributed by atoms with Crippen molar-refractivity contribution in [3.8, 4) is 17.2 Å². The van der Waals surface area contributed by atoms with E-state index in [0.29, 0.717) is 24.1 Å². The molecule has 18 heavy (non-hydrogen) atoms. The van der Waals surface area contributed by atoms with Crippen molar-refractivity contribution in [1.82, 2.24) is 0 Å². The minimum Gasteiger partial charge on any atom is -0.496 e. The normalized spacial score (nSPS) is 16.2. The molecule has 0 aliphatic heterocycles. The zero-order valence-corrected chi connectivity index (χ0v) is 11.2. The van der Waals surface area contributed by atoms with E-state index in [1.165, 1.54) is 12.8 Å². The lowest BCUT2D eigenvalue weighted by Gasteiger charge is -2.20. The monoisotopic (exact) mass is 251 g/mol. The van der Waals surface area contributed by atoms with E-state index in [0.717, 1.165) is 17.1 Å². The van der Waals surface area contributed by atoms with Gasteiger partial charge < -0.3 is 19.9 Å². The van der Waals surface area contributed by atoms with E-state index in [-0.39, 0.29) is 0 Å². The highest BCUT2D eigenvalue weighted by molar-refractivity contribution is 5.52. The van der Waals surface area contributed by atoms with E-state index < -0.39 is 0 Å². The van der Waals surface area contributed by atoms with Gasteiger partial charge >= 0.3 is 0 Å². The smallest absolute Gasteiger partial charge is 0.164 e. The Kier molecular flexibility index (Phi) is 3.97. The number of methoxy groups -OCH3 is 3. The lowest BCUT2D eigenvalue weighted by Crippen LogP contribution is -2.15. The molecule has 0 spiro atoms. The molecule has 0 heterocycles. The van der Waals surface area contributed by atoms with Crippen LogP contribution in [-0.4, -0.2) is 27.9 Å². The Labute approximate surface area is 108 Å². The zero-order chi connectivity index (χ0) is 13.1. The number of hydrogen-bond donors (Lipinski definition) is 1. The van der Waals surface area contributed by atoms with Gasteiger partial charge in [0.15, 0.2) is 11.5 Å². The van der Waals surface area contributed by atoms with E-state index >= 15 is 0 Å². The van der Waals surface area contributed by atoms with Gasteiger partial charge in [0.2, 0.25) is 0 Å². The Bertz CT molecular complexity index is 416. The maximum atomic E-state index is 5.90. The lowest BCUT2D eigenvalue weighted by atomic mass is 9.93. The summed E-state index contributed by atoms with van der Waals surface area (Å²) >= 11 is 0. The molecule has 1 aliphatic rings. The minimum absolute atomic E-state index is 0.347. The Morgan fingerprint density at radius 3 is 2.06 bits per heavy atom. The minimum atomic E-state index is 0.347. The number of benzene rings is 1. The summed E-state index contributed by atoms with van der Waals surface area (Å²) in [5.41, 5.74) is 7.03. The van der Waals surface area contributed by atoms with Crippen molar-refractivity contribution in [2.45, 2.75) is 18.8 Å². The fourth-order valence-corrected chi connectivity index (χ4v) is 2.41. The fraction of sp³-hybridized carbons (Fsp3) is 0.571. The molecule has 2 rings (SSSR count). The van der Waals surface area contributed by atoms with Crippen molar-refractivity contribution in [2.75, 3.05) is 27.9 Å². The second kappa shape index (κ2) is 5.48. The molecular formula is C14H21NO3. The molecule has 1 unspecified atom stereocenters. The lowest BCUT2D eigenvalue weighted by molar-refractivity contribution is 0.345. The van der Waals surface area contributed by atoms with Crippen molar-refractivity contribution < 1.29 is 14.2 Å². The Morgan fingerprint density at radius 2 is 1.61 bits per heavy atom. The summed E-state index contributed by atoms with van der Waals surface area (Å²) in [6.45, 7) is 0.635. The molecule has 1 aromatic carbocycles. The third kappa shape index (κ3) is 2.38. The van der Waals surface area contributed by atoms with Crippen LogP contribution >= 0.6 is 0 Å². The molecule has 0 bridgehead atoms. The third-order valence-electron chi connectivity index (χ3n) is 3.58. The Balaban J connectivity index is 2.43. The topological polar surface area (TPSA) is 53.7 Å². The summed E-state index contributed by atoms with van der Waals surface area (Å²) in [6.07, 6.45) is 2.50. The number of rotatable bonds is 6. The summed E-state index contributed by atoms with van der Waals surface area (Å²) in [7, 11) is 4.94. The van der Waals surface area contributed by atoms with Crippen molar-refractivity contribution in [1.29, 1.82) is 0 Å². The van der Waals surface area contributed by atoms with Crippen molar-refractivity contribution in [2.24, 2.45) is 11.7 Å². The molecule has 4 nitrogen and oxygen atoms in total. The highest BCUT2D eigenvalue weighted by atomic mass is 16.5. The highest BCUT2D eigenvalue weighted by Crippen LogP contribution is 2.47. The molecule has 4 heteroatoms.